The standard InChI is InChI=1S/C22H25Cl3N6O3/c1-11(13-3-2-12(23)8-14(13)24)27-20-15(25)9-26-22(30-20)31-7-6-16(18(32)10-31)29-21(34)17-4-5-19(33)28-17/h2-3,8-9,11,16-18,32H,4-7,10H2,1H3,(H,28,33)(H,29,34)(H,26,27,30)/t11-,16+,17+,18+/m1/s1. The van der Waals surface area contributed by atoms with E-state index in [1.807, 2.05) is 17.9 Å². The molecule has 4 rings (SSSR count). The highest BCUT2D eigenvalue weighted by Crippen LogP contribution is 2.31. The zero-order chi connectivity index (χ0) is 24.4. The van der Waals surface area contributed by atoms with Crippen molar-refractivity contribution >= 4 is 58.4 Å². The number of aromatic nitrogens is 2. The second-order valence-corrected chi connectivity index (χ2v) is 9.73. The Morgan fingerprint density at radius 2 is 2.06 bits per heavy atom. The maximum absolute atomic E-state index is 12.4. The minimum absolute atomic E-state index is 0.132. The maximum atomic E-state index is 12.4. The average Bonchev–Trinajstić information content (AvgIpc) is 3.23. The third-order valence-corrected chi connectivity index (χ3v) is 6.86. The summed E-state index contributed by atoms with van der Waals surface area (Å²) in [4.78, 5) is 34.5. The largest absolute Gasteiger partial charge is 0.389 e. The van der Waals surface area contributed by atoms with Crippen LogP contribution < -0.4 is 20.9 Å². The summed E-state index contributed by atoms with van der Waals surface area (Å²) >= 11 is 18.6. The molecule has 0 radical (unpaired) electrons. The number of nitrogens with one attached hydrogen (secondary N) is 3. The second-order valence-electron chi connectivity index (χ2n) is 8.47. The first-order valence-corrected chi connectivity index (χ1v) is 12.1. The number of piperidine rings is 1. The van der Waals surface area contributed by atoms with E-state index in [4.69, 9.17) is 34.8 Å². The molecule has 4 N–H and O–H groups in total. The highest BCUT2D eigenvalue weighted by Gasteiger charge is 2.34. The van der Waals surface area contributed by atoms with Crippen molar-refractivity contribution in [1.82, 2.24) is 20.6 Å². The van der Waals surface area contributed by atoms with Crippen molar-refractivity contribution in [3.63, 3.8) is 0 Å². The molecule has 34 heavy (non-hydrogen) atoms. The molecule has 0 aliphatic carbocycles. The number of amides is 2. The smallest absolute Gasteiger partial charge is 0.242 e. The van der Waals surface area contributed by atoms with Gasteiger partial charge in [-0.15, -0.1) is 0 Å². The van der Waals surface area contributed by atoms with E-state index in [-0.39, 0.29) is 24.4 Å². The number of benzene rings is 1. The molecule has 2 aromatic rings. The van der Waals surface area contributed by atoms with Crippen molar-refractivity contribution in [1.29, 1.82) is 0 Å². The molecule has 3 heterocycles. The molecular weight excluding hydrogens is 503 g/mol. The predicted molar refractivity (Wildman–Crippen MR) is 131 cm³/mol. The molecule has 2 saturated heterocycles. The van der Waals surface area contributed by atoms with Crippen LogP contribution >= 0.6 is 34.8 Å². The van der Waals surface area contributed by atoms with Crippen molar-refractivity contribution in [2.45, 2.75) is 50.4 Å². The molecule has 2 aliphatic rings. The molecule has 0 bridgehead atoms. The number of β-amino-alcohol motifs (C(OH)–C–C–N with tert-alkyl or cyclic N) is 1. The number of aliphatic hydroxyl groups excluding tert-OH is 1. The van der Waals surface area contributed by atoms with Gasteiger partial charge in [0.15, 0.2) is 5.82 Å². The zero-order valence-corrected chi connectivity index (χ0v) is 20.7. The Balaban J connectivity index is 1.40. The lowest BCUT2D eigenvalue weighted by molar-refractivity contribution is -0.127. The van der Waals surface area contributed by atoms with Crippen LogP contribution in [0.15, 0.2) is 24.4 Å². The van der Waals surface area contributed by atoms with Crippen molar-refractivity contribution in [2.75, 3.05) is 23.3 Å². The number of halogens is 3. The first-order valence-electron chi connectivity index (χ1n) is 11.0. The maximum Gasteiger partial charge on any atom is 0.242 e. The number of aliphatic hydroxyl groups is 1. The van der Waals surface area contributed by atoms with Gasteiger partial charge in [-0.25, -0.2) is 4.98 Å². The number of anilines is 2. The first kappa shape index (κ1) is 24.8. The minimum atomic E-state index is -0.822. The summed E-state index contributed by atoms with van der Waals surface area (Å²) in [6.07, 6.45) is 1.99. The fourth-order valence-corrected chi connectivity index (χ4v) is 4.84. The number of carbonyl (C=O) groups excluding carboxylic acids is 2. The lowest BCUT2D eigenvalue weighted by atomic mass is 10.0. The van der Waals surface area contributed by atoms with E-state index in [9.17, 15) is 14.7 Å². The third-order valence-electron chi connectivity index (χ3n) is 6.02. The van der Waals surface area contributed by atoms with Gasteiger partial charge in [0.05, 0.1) is 24.4 Å². The first-order chi connectivity index (χ1) is 16.2. The van der Waals surface area contributed by atoms with Crippen LogP contribution in [-0.4, -0.2) is 58.2 Å². The van der Waals surface area contributed by atoms with Gasteiger partial charge in [-0.3, -0.25) is 9.59 Å². The number of carbonyl (C=O) groups is 2. The average molecular weight is 528 g/mol. The molecule has 0 unspecified atom stereocenters. The molecule has 4 atom stereocenters. The topological polar surface area (TPSA) is 119 Å². The highest BCUT2D eigenvalue weighted by atomic mass is 35.5. The molecule has 1 aromatic carbocycles. The zero-order valence-electron chi connectivity index (χ0n) is 18.4. The molecule has 2 aliphatic heterocycles. The summed E-state index contributed by atoms with van der Waals surface area (Å²) in [6.45, 7) is 2.69. The van der Waals surface area contributed by atoms with Crippen LogP contribution in [0.2, 0.25) is 15.1 Å². The lowest BCUT2D eigenvalue weighted by Gasteiger charge is -2.36. The number of hydrogen-bond acceptors (Lipinski definition) is 7. The fourth-order valence-electron chi connectivity index (χ4n) is 4.12. The summed E-state index contributed by atoms with van der Waals surface area (Å²) < 4.78 is 0. The Morgan fingerprint density at radius 1 is 1.26 bits per heavy atom. The molecule has 2 fully saturated rings. The van der Waals surface area contributed by atoms with Gasteiger partial charge in [0.1, 0.15) is 11.1 Å². The van der Waals surface area contributed by atoms with Gasteiger partial charge < -0.3 is 26.0 Å². The van der Waals surface area contributed by atoms with Gasteiger partial charge in [-0.05, 0) is 37.5 Å². The van der Waals surface area contributed by atoms with Crippen LogP contribution in [0.5, 0.6) is 0 Å². The van der Waals surface area contributed by atoms with E-state index < -0.39 is 18.2 Å². The van der Waals surface area contributed by atoms with Crippen molar-refractivity contribution in [2.24, 2.45) is 0 Å². The van der Waals surface area contributed by atoms with Crippen LogP contribution in [0.3, 0.4) is 0 Å². The van der Waals surface area contributed by atoms with Gasteiger partial charge in [0, 0.05) is 29.6 Å². The Bertz CT molecular complexity index is 1090. The minimum Gasteiger partial charge on any atom is -0.389 e. The normalized spacial score (nSPS) is 23.4. The fraction of sp³-hybridized carbons (Fsp3) is 0.455. The number of nitrogens with zero attached hydrogens (tertiary/aromatic N) is 3. The van der Waals surface area contributed by atoms with Crippen molar-refractivity contribution in [3.8, 4) is 0 Å². The van der Waals surface area contributed by atoms with Gasteiger partial charge in [-0.2, -0.15) is 4.98 Å². The Hall–Kier alpha value is -2.33. The number of hydrogen-bond donors (Lipinski definition) is 4. The molecule has 182 valence electrons. The van der Waals surface area contributed by atoms with Gasteiger partial charge >= 0.3 is 0 Å². The van der Waals surface area contributed by atoms with Crippen LogP contribution in [0.4, 0.5) is 11.8 Å². The van der Waals surface area contributed by atoms with Gasteiger partial charge in [0.25, 0.3) is 0 Å². The van der Waals surface area contributed by atoms with Crippen molar-refractivity contribution in [3.05, 3.63) is 45.0 Å². The third kappa shape index (κ3) is 5.66. The van der Waals surface area contributed by atoms with E-state index >= 15 is 0 Å². The SMILES string of the molecule is C[C@@H](Nc1nc(N2CC[C@H](NC(=O)[C@@H]3CCC(=O)N3)[C@@H](O)C2)ncc1Cl)c1ccc(Cl)cc1Cl. The quantitative estimate of drug-likeness (QED) is 0.456. The molecular formula is C22H25Cl3N6O3. The highest BCUT2D eigenvalue weighted by molar-refractivity contribution is 6.35. The Kier molecular flexibility index (Phi) is 7.67. The summed E-state index contributed by atoms with van der Waals surface area (Å²) in [5.74, 6) is 0.445. The van der Waals surface area contributed by atoms with Gasteiger partial charge in [-0.1, -0.05) is 40.9 Å². The van der Waals surface area contributed by atoms with Crippen molar-refractivity contribution < 1.29 is 14.7 Å². The van der Waals surface area contributed by atoms with Crippen LogP contribution in [-0.2, 0) is 9.59 Å². The summed E-state index contributed by atoms with van der Waals surface area (Å²) in [7, 11) is 0. The Labute approximate surface area is 212 Å². The van der Waals surface area contributed by atoms with Crippen LogP contribution in [0.25, 0.3) is 0 Å². The summed E-state index contributed by atoms with van der Waals surface area (Å²) in [6, 6.07) is 4.12. The van der Waals surface area contributed by atoms with E-state index in [1.165, 1.54) is 6.20 Å². The molecule has 2 amide bonds. The molecule has 0 spiro atoms. The Morgan fingerprint density at radius 3 is 2.74 bits per heavy atom. The second kappa shape index (κ2) is 10.5. The van der Waals surface area contributed by atoms with E-state index in [2.05, 4.69) is 25.9 Å². The monoisotopic (exact) mass is 526 g/mol. The van der Waals surface area contributed by atoms with Crippen LogP contribution in [0, 0.1) is 0 Å². The van der Waals surface area contributed by atoms with E-state index in [1.54, 1.807) is 12.1 Å². The molecule has 12 heteroatoms. The molecule has 1 aromatic heterocycles. The van der Waals surface area contributed by atoms with Gasteiger partial charge in [0.2, 0.25) is 17.8 Å². The van der Waals surface area contributed by atoms with E-state index in [0.717, 1.165) is 5.56 Å². The van der Waals surface area contributed by atoms with Crippen LogP contribution in [0.1, 0.15) is 37.8 Å². The summed E-state index contributed by atoms with van der Waals surface area (Å²) in [5.41, 5.74) is 0.840. The predicted octanol–water partition coefficient (Wildman–Crippen LogP) is 2.94. The number of rotatable bonds is 6. The lowest BCUT2D eigenvalue weighted by Crippen LogP contribution is -2.57. The molecule has 9 nitrogen and oxygen atoms in total. The molecule has 0 saturated carbocycles. The summed E-state index contributed by atoms with van der Waals surface area (Å²) in [5, 5.41) is 20.8. The van der Waals surface area contributed by atoms with E-state index in [0.29, 0.717) is 52.6 Å².